The zero-order valence-electron chi connectivity index (χ0n) is 12.3. The third kappa shape index (κ3) is 3.26. The molecule has 3 rings (SSSR count). The van der Waals surface area contributed by atoms with Crippen LogP contribution >= 0.6 is 0 Å². The maximum Gasteiger partial charge on any atom is 0.319 e. The van der Waals surface area contributed by atoms with E-state index in [0.717, 1.165) is 13.0 Å². The van der Waals surface area contributed by atoms with Crippen LogP contribution in [0.5, 0.6) is 5.88 Å². The molecule has 0 aromatic carbocycles. The lowest BCUT2D eigenvalue weighted by molar-refractivity contribution is 0.180. The van der Waals surface area contributed by atoms with Crippen molar-refractivity contribution in [2.75, 3.05) is 25.5 Å². The molecule has 6 heteroatoms. The van der Waals surface area contributed by atoms with Crippen molar-refractivity contribution in [3.05, 3.63) is 18.3 Å². The Bertz CT molecular complexity index is 491. The highest BCUT2D eigenvalue weighted by Crippen LogP contribution is 2.27. The minimum Gasteiger partial charge on any atom is -0.481 e. The summed E-state index contributed by atoms with van der Waals surface area (Å²) in [4.78, 5) is 18.7. The number of anilines is 1. The van der Waals surface area contributed by atoms with Gasteiger partial charge < -0.3 is 15.4 Å². The lowest BCUT2D eigenvalue weighted by atomic mass is 9.99. The van der Waals surface area contributed by atoms with E-state index in [2.05, 4.69) is 20.5 Å². The van der Waals surface area contributed by atoms with Gasteiger partial charge in [0.2, 0.25) is 5.88 Å². The number of ether oxygens (including phenoxy) is 1. The number of nitrogens with one attached hydrogen (secondary N) is 2. The topological polar surface area (TPSA) is 66.5 Å². The van der Waals surface area contributed by atoms with Gasteiger partial charge in [-0.3, -0.25) is 4.90 Å². The highest BCUT2D eigenvalue weighted by Gasteiger charge is 2.36. The number of piperidine rings is 1. The second-order valence-electron chi connectivity index (χ2n) is 5.68. The average molecular weight is 290 g/mol. The normalized spacial score (nSPS) is 25.2. The molecule has 1 aromatic rings. The Hall–Kier alpha value is -1.82. The Balaban J connectivity index is 1.53. The number of carbonyl (C=O) groups excluding carboxylic acids is 1. The summed E-state index contributed by atoms with van der Waals surface area (Å²) in [5.74, 6) is 0.537. The van der Waals surface area contributed by atoms with Gasteiger partial charge in [0.25, 0.3) is 0 Å². The first-order valence-electron chi connectivity index (χ1n) is 7.58. The number of pyridine rings is 1. The van der Waals surface area contributed by atoms with E-state index in [9.17, 15) is 4.79 Å². The Morgan fingerprint density at radius 2 is 2.24 bits per heavy atom. The Morgan fingerprint density at radius 3 is 3.00 bits per heavy atom. The number of hydrogen-bond acceptors (Lipinski definition) is 4. The van der Waals surface area contributed by atoms with Gasteiger partial charge in [-0.25, -0.2) is 9.78 Å². The Labute approximate surface area is 124 Å². The van der Waals surface area contributed by atoms with Crippen LogP contribution in [0.1, 0.15) is 25.7 Å². The predicted octanol–water partition coefficient (Wildman–Crippen LogP) is 1.84. The summed E-state index contributed by atoms with van der Waals surface area (Å²) in [5.41, 5.74) is 0.673. The first-order chi connectivity index (χ1) is 10.3. The minimum atomic E-state index is -0.153. The maximum absolute atomic E-state index is 12.1. The molecule has 0 radical (unpaired) electrons. The van der Waals surface area contributed by atoms with Crippen LogP contribution in [0.2, 0.25) is 0 Å². The molecule has 2 saturated heterocycles. The molecule has 6 nitrogen and oxygen atoms in total. The largest absolute Gasteiger partial charge is 0.481 e. The molecule has 114 valence electrons. The first-order valence-corrected chi connectivity index (χ1v) is 7.58. The summed E-state index contributed by atoms with van der Waals surface area (Å²) in [6.07, 6.45) is 6.38. The van der Waals surface area contributed by atoms with Crippen molar-refractivity contribution in [1.82, 2.24) is 15.2 Å². The van der Waals surface area contributed by atoms with Gasteiger partial charge in [-0.1, -0.05) is 6.42 Å². The SMILES string of the molecule is COc1ccc(NC(=O)NC2CCN3CCCCC23)cn1. The van der Waals surface area contributed by atoms with Crippen molar-refractivity contribution in [2.24, 2.45) is 0 Å². The smallest absolute Gasteiger partial charge is 0.319 e. The number of fused-ring (bicyclic) bond motifs is 1. The second kappa shape index (κ2) is 6.30. The number of urea groups is 1. The van der Waals surface area contributed by atoms with Crippen LogP contribution in [0.4, 0.5) is 10.5 Å². The van der Waals surface area contributed by atoms with Gasteiger partial charge in [0.1, 0.15) is 0 Å². The van der Waals surface area contributed by atoms with Crippen LogP contribution in [-0.4, -0.2) is 48.2 Å². The molecule has 2 N–H and O–H groups in total. The lowest BCUT2D eigenvalue weighted by Crippen LogP contribution is -2.47. The molecule has 0 spiro atoms. The van der Waals surface area contributed by atoms with Gasteiger partial charge in [-0.2, -0.15) is 0 Å². The van der Waals surface area contributed by atoms with E-state index >= 15 is 0 Å². The standard InChI is InChI=1S/C15H22N4O2/c1-21-14-6-5-11(10-16-14)17-15(20)18-12-7-9-19-8-3-2-4-13(12)19/h5-6,10,12-13H,2-4,7-9H2,1H3,(H2,17,18,20). The fraction of sp³-hybridized carbons (Fsp3) is 0.600. The highest BCUT2D eigenvalue weighted by atomic mass is 16.5. The maximum atomic E-state index is 12.1. The number of rotatable bonds is 3. The number of carbonyl (C=O) groups is 1. The molecule has 1 aromatic heterocycles. The quantitative estimate of drug-likeness (QED) is 0.891. The molecule has 2 aliphatic heterocycles. The average Bonchev–Trinajstić information content (AvgIpc) is 2.91. The fourth-order valence-corrected chi connectivity index (χ4v) is 3.33. The summed E-state index contributed by atoms with van der Waals surface area (Å²) >= 11 is 0. The van der Waals surface area contributed by atoms with E-state index in [1.165, 1.54) is 25.8 Å². The number of amides is 2. The highest BCUT2D eigenvalue weighted by molar-refractivity contribution is 5.89. The van der Waals surface area contributed by atoms with Crippen LogP contribution in [0.25, 0.3) is 0 Å². The third-order valence-corrected chi connectivity index (χ3v) is 4.38. The van der Waals surface area contributed by atoms with Crippen LogP contribution < -0.4 is 15.4 Å². The Kier molecular flexibility index (Phi) is 4.24. The molecule has 21 heavy (non-hydrogen) atoms. The third-order valence-electron chi connectivity index (χ3n) is 4.38. The minimum absolute atomic E-state index is 0.153. The summed E-state index contributed by atoms with van der Waals surface area (Å²) in [7, 11) is 1.57. The van der Waals surface area contributed by atoms with E-state index < -0.39 is 0 Å². The van der Waals surface area contributed by atoms with Gasteiger partial charge in [0, 0.05) is 24.7 Å². The van der Waals surface area contributed by atoms with E-state index in [1.807, 2.05) is 0 Å². The summed E-state index contributed by atoms with van der Waals surface area (Å²) in [6.45, 7) is 2.27. The summed E-state index contributed by atoms with van der Waals surface area (Å²) in [5, 5.41) is 5.93. The van der Waals surface area contributed by atoms with E-state index in [0.29, 0.717) is 17.6 Å². The van der Waals surface area contributed by atoms with Crippen molar-refractivity contribution < 1.29 is 9.53 Å². The van der Waals surface area contributed by atoms with Gasteiger partial charge in [-0.05, 0) is 31.9 Å². The zero-order chi connectivity index (χ0) is 14.7. The molecular weight excluding hydrogens is 268 g/mol. The lowest BCUT2D eigenvalue weighted by Gasteiger charge is -2.32. The van der Waals surface area contributed by atoms with Crippen LogP contribution in [0, 0.1) is 0 Å². The van der Waals surface area contributed by atoms with Crippen LogP contribution in [0.3, 0.4) is 0 Å². The molecule has 2 fully saturated rings. The van der Waals surface area contributed by atoms with E-state index in [1.54, 1.807) is 25.4 Å². The molecule has 0 saturated carbocycles. The van der Waals surface area contributed by atoms with Gasteiger partial charge in [0.05, 0.1) is 19.0 Å². The number of methoxy groups -OCH3 is 1. The van der Waals surface area contributed by atoms with Crippen LogP contribution in [-0.2, 0) is 0 Å². The molecule has 2 aliphatic rings. The molecule has 2 amide bonds. The molecular formula is C15H22N4O2. The van der Waals surface area contributed by atoms with Crippen molar-refractivity contribution in [2.45, 2.75) is 37.8 Å². The number of aromatic nitrogens is 1. The summed E-state index contributed by atoms with van der Waals surface area (Å²) in [6, 6.07) is 4.13. The number of hydrogen-bond donors (Lipinski definition) is 2. The van der Waals surface area contributed by atoms with E-state index in [-0.39, 0.29) is 12.1 Å². The van der Waals surface area contributed by atoms with Gasteiger partial charge in [-0.15, -0.1) is 0 Å². The van der Waals surface area contributed by atoms with Gasteiger partial charge in [0.15, 0.2) is 0 Å². The van der Waals surface area contributed by atoms with Crippen molar-refractivity contribution in [3.8, 4) is 5.88 Å². The Morgan fingerprint density at radius 1 is 1.33 bits per heavy atom. The molecule has 0 bridgehead atoms. The zero-order valence-corrected chi connectivity index (χ0v) is 12.3. The molecule has 2 unspecified atom stereocenters. The molecule has 2 atom stereocenters. The van der Waals surface area contributed by atoms with Crippen molar-refractivity contribution in [3.63, 3.8) is 0 Å². The van der Waals surface area contributed by atoms with E-state index in [4.69, 9.17) is 4.74 Å². The monoisotopic (exact) mass is 290 g/mol. The van der Waals surface area contributed by atoms with Crippen LogP contribution in [0.15, 0.2) is 18.3 Å². The van der Waals surface area contributed by atoms with Crippen molar-refractivity contribution >= 4 is 11.7 Å². The predicted molar refractivity (Wildman–Crippen MR) is 80.6 cm³/mol. The summed E-state index contributed by atoms with van der Waals surface area (Å²) < 4.78 is 5.00. The molecule has 0 aliphatic carbocycles. The fourth-order valence-electron chi connectivity index (χ4n) is 3.33. The first kappa shape index (κ1) is 14.1. The molecule has 3 heterocycles. The van der Waals surface area contributed by atoms with Crippen molar-refractivity contribution in [1.29, 1.82) is 0 Å². The number of nitrogens with zero attached hydrogens (tertiary/aromatic N) is 2. The second-order valence-corrected chi connectivity index (χ2v) is 5.68. The van der Waals surface area contributed by atoms with Gasteiger partial charge >= 0.3 is 6.03 Å².